The van der Waals surface area contributed by atoms with Crippen molar-refractivity contribution in [1.82, 2.24) is 0 Å². The molecule has 2 N–H and O–H groups in total. The molecule has 106 valence electrons. The summed E-state index contributed by atoms with van der Waals surface area (Å²) in [7, 11) is 0. The van der Waals surface area contributed by atoms with Gasteiger partial charge in [-0.05, 0) is 17.5 Å². The molecule has 2 aromatic carbocycles. The first-order valence-corrected chi connectivity index (χ1v) is 7.20. The van der Waals surface area contributed by atoms with Crippen LogP contribution in [0, 0.1) is 0 Å². The third kappa shape index (κ3) is 3.92. The molecule has 0 amide bonds. The van der Waals surface area contributed by atoms with Crippen LogP contribution in [0.5, 0.6) is 0 Å². The van der Waals surface area contributed by atoms with Gasteiger partial charge in [0, 0.05) is 13.0 Å². The van der Waals surface area contributed by atoms with Crippen LogP contribution in [0.1, 0.15) is 24.5 Å². The highest BCUT2D eigenvalue weighted by Crippen LogP contribution is 2.22. The predicted octanol–water partition coefficient (Wildman–Crippen LogP) is 3.55. The van der Waals surface area contributed by atoms with E-state index >= 15 is 0 Å². The van der Waals surface area contributed by atoms with Gasteiger partial charge in [-0.3, -0.25) is 0 Å². The van der Waals surface area contributed by atoms with Crippen molar-refractivity contribution in [3.63, 3.8) is 0 Å². The lowest BCUT2D eigenvalue weighted by molar-refractivity contribution is -0.0524. The second-order valence-electron chi connectivity index (χ2n) is 5.18. The quantitative estimate of drug-likeness (QED) is 0.834. The zero-order valence-electron chi connectivity index (χ0n) is 12.1. The minimum Gasteiger partial charge on any atom is -0.369 e. The third-order valence-corrected chi connectivity index (χ3v) is 3.77. The third-order valence-electron chi connectivity index (χ3n) is 3.77. The van der Waals surface area contributed by atoms with Gasteiger partial charge in [0.1, 0.15) is 0 Å². The van der Waals surface area contributed by atoms with Gasteiger partial charge in [-0.2, -0.15) is 0 Å². The Morgan fingerprint density at radius 3 is 1.95 bits per heavy atom. The van der Waals surface area contributed by atoms with Crippen molar-refractivity contribution in [3.8, 4) is 0 Å². The Morgan fingerprint density at radius 2 is 1.45 bits per heavy atom. The normalized spacial score (nSPS) is 13.9. The summed E-state index contributed by atoms with van der Waals surface area (Å²) < 4.78 is 6.19. The minimum atomic E-state index is -0.281. The van der Waals surface area contributed by atoms with Crippen LogP contribution in [0.2, 0.25) is 0 Å². The molecule has 0 aliphatic rings. The lowest BCUT2D eigenvalue weighted by Gasteiger charge is -2.32. The number of benzene rings is 2. The Labute approximate surface area is 121 Å². The number of nitrogens with two attached hydrogens (primary N) is 1. The first-order chi connectivity index (χ1) is 9.78. The molecule has 0 radical (unpaired) electrons. The monoisotopic (exact) mass is 269 g/mol. The van der Waals surface area contributed by atoms with Gasteiger partial charge in [0.25, 0.3) is 0 Å². The molecular weight excluding hydrogens is 246 g/mol. The molecule has 0 heterocycles. The van der Waals surface area contributed by atoms with E-state index in [0.29, 0.717) is 13.2 Å². The second kappa shape index (κ2) is 7.22. The topological polar surface area (TPSA) is 35.2 Å². The van der Waals surface area contributed by atoms with E-state index < -0.39 is 0 Å². The van der Waals surface area contributed by atoms with Crippen LogP contribution in [0.3, 0.4) is 0 Å². The van der Waals surface area contributed by atoms with Crippen LogP contribution < -0.4 is 5.73 Å². The lowest BCUT2D eigenvalue weighted by Crippen LogP contribution is -2.42. The molecule has 0 bridgehead atoms. The molecule has 2 nitrogen and oxygen atoms in total. The maximum atomic E-state index is 6.19. The summed E-state index contributed by atoms with van der Waals surface area (Å²) in [5, 5.41) is 0. The van der Waals surface area contributed by atoms with E-state index in [2.05, 4.69) is 43.3 Å². The van der Waals surface area contributed by atoms with Crippen molar-refractivity contribution < 1.29 is 4.74 Å². The van der Waals surface area contributed by atoms with E-state index in [9.17, 15) is 0 Å². The Kier molecular flexibility index (Phi) is 5.33. The van der Waals surface area contributed by atoms with Gasteiger partial charge >= 0.3 is 0 Å². The maximum absolute atomic E-state index is 6.19. The van der Waals surface area contributed by atoms with Crippen LogP contribution in [0.15, 0.2) is 60.7 Å². The number of rotatable bonds is 7. The SMILES string of the molecule is CCC(CN)(Cc1ccccc1)OCc1ccccc1. The smallest absolute Gasteiger partial charge is 0.0846 e. The molecule has 1 unspecified atom stereocenters. The largest absolute Gasteiger partial charge is 0.369 e. The molecule has 0 aromatic heterocycles. The highest BCUT2D eigenvalue weighted by molar-refractivity contribution is 5.18. The zero-order valence-corrected chi connectivity index (χ0v) is 12.1. The van der Waals surface area contributed by atoms with Crippen molar-refractivity contribution in [1.29, 1.82) is 0 Å². The summed E-state index contributed by atoms with van der Waals surface area (Å²) >= 11 is 0. The summed E-state index contributed by atoms with van der Waals surface area (Å²) in [6.45, 7) is 3.28. The average molecular weight is 269 g/mol. The Balaban J connectivity index is 2.05. The summed E-state index contributed by atoms with van der Waals surface area (Å²) in [5.74, 6) is 0. The van der Waals surface area contributed by atoms with Crippen LogP contribution in [-0.4, -0.2) is 12.1 Å². The average Bonchev–Trinajstić information content (AvgIpc) is 2.53. The van der Waals surface area contributed by atoms with Crippen molar-refractivity contribution >= 4 is 0 Å². The minimum absolute atomic E-state index is 0.281. The Bertz CT molecular complexity index is 491. The highest BCUT2D eigenvalue weighted by atomic mass is 16.5. The first kappa shape index (κ1) is 14.8. The van der Waals surface area contributed by atoms with Gasteiger partial charge in [0.15, 0.2) is 0 Å². The van der Waals surface area contributed by atoms with E-state index in [1.54, 1.807) is 0 Å². The first-order valence-electron chi connectivity index (χ1n) is 7.20. The zero-order chi connectivity index (χ0) is 14.3. The molecule has 2 rings (SSSR count). The van der Waals surface area contributed by atoms with Crippen LogP contribution in [0.25, 0.3) is 0 Å². The van der Waals surface area contributed by atoms with Gasteiger partial charge in [0.05, 0.1) is 12.2 Å². The number of hydrogen-bond acceptors (Lipinski definition) is 2. The molecule has 0 aliphatic heterocycles. The van der Waals surface area contributed by atoms with Crippen molar-refractivity contribution in [2.75, 3.05) is 6.54 Å². The van der Waals surface area contributed by atoms with E-state index in [1.165, 1.54) is 11.1 Å². The molecule has 0 aliphatic carbocycles. The summed E-state index contributed by atoms with van der Waals surface area (Å²) in [6, 6.07) is 20.7. The number of hydrogen-bond donors (Lipinski definition) is 1. The molecule has 20 heavy (non-hydrogen) atoms. The van der Waals surface area contributed by atoms with Gasteiger partial charge in [-0.15, -0.1) is 0 Å². The van der Waals surface area contributed by atoms with Gasteiger partial charge < -0.3 is 10.5 Å². The van der Waals surface area contributed by atoms with E-state index in [0.717, 1.165) is 12.8 Å². The molecule has 1 atom stereocenters. The summed E-state index contributed by atoms with van der Waals surface area (Å²) in [5.41, 5.74) is 8.18. The molecule has 0 spiro atoms. The van der Waals surface area contributed by atoms with Gasteiger partial charge in [0.2, 0.25) is 0 Å². The molecule has 0 saturated carbocycles. The summed E-state index contributed by atoms with van der Waals surface area (Å²) in [4.78, 5) is 0. The highest BCUT2D eigenvalue weighted by Gasteiger charge is 2.27. The van der Waals surface area contributed by atoms with E-state index in [1.807, 2.05) is 24.3 Å². The standard InChI is InChI=1S/C18H23NO/c1-2-18(15-19,13-16-9-5-3-6-10-16)20-14-17-11-7-4-8-12-17/h3-12H,2,13-15,19H2,1H3. The Hall–Kier alpha value is -1.64. The molecule has 0 saturated heterocycles. The maximum Gasteiger partial charge on any atom is 0.0846 e. The molecular formula is C18H23NO. The van der Waals surface area contributed by atoms with Crippen molar-refractivity contribution in [2.45, 2.75) is 32.0 Å². The van der Waals surface area contributed by atoms with E-state index in [4.69, 9.17) is 10.5 Å². The van der Waals surface area contributed by atoms with Crippen LogP contribution in [-0.2, 0) is 17.8 Å². The Morgan fingerprint density at radius 1 is 0.900 bits per heavy atom. The fourth-order valence-corrected chi connectivity index (χ4v) is 2.33. The predicted molar refractivity (Wildman–Crippen MR) is 83.5 cm³/mol. The van der Waals surface area contributed by atoms with Crippen LogP contribution in [0.4, 0.5) is 0 Å². The fraction of sp³-hybridized carbons (Fsp3) is 0.333. The number of ether oxygens (including phenoxy) is 1. The van der Waals surface area contributed by atoms with Crippen LogP contribution >= 0.6 is 0 Å². The van der Waals surface area contributed by atoms with Gasteiger partial charge in [-0.1, -0.05) is 67.6 Å². The van der Waals surface area contributed by atoms with Crippen molar-refractivity contribution in [3.05, 3.63) is 71.8 Å². The molecule has 2 heteroatoms. The van der Waals surface area contributed by atoms with Crippen molar-refractivity contribution in [2.24, 2.45) is 5.73 Å². The molecule has 2 aromatic rings. The second-order valence-corrected chi connectivity index (χ2v) is 5.18. The fourth-order valence-electron chi connectivity index (χ4n) is 2.33. The van der Waals surface area contributed by atoms with Gasteiger partial charge in [-0.25, -0.2) is 0 Å². The van der Waals surface area contributed by atoms with E-state index in [-0.39, 0.29) is 5.60 Å². The lowest BCUT2D eigenvalue weighted by atomic mass is 9.91. The summed E-state index contributed by atoms with van der Waals surface area (Å²) in [6.07, 6.45) is 1.76. The molecule has 0 fully saturated rings.